The molecule has 2 aromatic heterocycles. The number of rotatable bonds is 4. The van der Waals surface area contributed by atoms with Gasteiger partial charge >= 0.3 is 5.69 Å². The van der Waals surface area contributed by atoms with E-state index in [4.69, 9.17) is 0 Å². The van der Waals surface area contributed by atoms with Crippen molar-refractivity contribution in [3.8, 4) is 0 Å². The van der Waals surface area contributed by atoms with Crippen LogP contribution in [-0.4, -0.2) is 19.3 Å². The minimum atomic E-state index is -0.348. The van der Waals surface area contributed by atoms with Gasteiger partial charge in [-0.25, -0.2) is 4.79 Å². The van der Waals surface area contributed by atoms with Crippen LogP contribution in [0.3, 0.4) is 0 Å². The first kappa shape index (κ1) is 12.2. The summed E-state index contributed by atoms with van der Waals surface area (Å²) < 4.78 is 7.06. The number of nitrogens with one attached hydrogen (secondary N) is 1. The second-order valence-electron chi connectivity index (χ2n) is 3.83. The first-order valence-electron chi connectivity index (χ1n) is 5.31. The average Bonchev–Trinajstić information content (AvgIpc) is 2.86. The van der Waals surface area contributed by atoms with Crippen molar-refractivity contribution in [1.82, 2.24) is 24.6 Å². The zero-order valence-electron chi connectivity index (χ0n) is 10.1. The third-order valence-corrected chi connectivity index (χ3v) is 2.62. The Morgan fingerprint density at radius 1 is 1.28 bits per heavy atom. The van der Waals surface area contributed by atoms with Crippen molar-refractivity contribution in [2.75, 3.05) is 0 Å². The Morgan fingerprint density at radius 3 is 2.72 bits per heavy atom. The molecule has 0 unspecified atom stereocenters. The quantitative estimate of drug-likeness (QED) is 0.730. The SMILES string of the molecule is Cn1c(CNCc2ncon2)cc(=O)n(C)c1=O. The molecule has 0 radical (unpaired) electrons. The van der Waals surface area contributed by atoms with Crippen LogP contribution in [0, 0.1) is 0 Å². The number of hydrogen-bond acceptors (Lipinski definition) is 6. The predicted molar refractivity (Wildman–Crippen MR) is 61.8 cm³/mol. The highest BCUT2D eigenvalue weighted by atomic mass is 16.5. The summed E-state index contributed by atoms with van der Waals surface area (Å²) in [6, 6.07) is 1.42. The Balaban J connectivity index is 2.10. The lowest BCUT2D eigenvalue weighted by Gasteiger charge is -2.09. The molecule has 0 spiro atoms. The van der Waals surface area contributed by atoms with Gasteiger partial charge in [-0.1, -0.05) is 5.16 Å². The van der Waals surface area contributed by atoms with Gasteiger partial charge in [0.15, 0.2) is 5.82 Å². The Bertz CT molecular complexity index is 641. The number of hydrogen-bond donors (Lipinski definition) is 1. The van der Waals surface area contributed by atoms with E-state index in [0.29, 0.717) is 24.6 Å². The maximum atomic E-state index is 11.7. The van der Waals surface area contributed by atoms with Crippen LogP contribution in [0.15, 0.2) is 26.6 Å². The molecule has 2 heterocycles. The summed E-state index contributed by atoms with van der Waals surface area (Å²) in [7, 11) is 3.06. The van der Waals surface area contributed by atoms with Crippen molar-refractivity contribution in [3.05, 3.63) is 44.8 Å². The number of nitrogens with zero attached hydrogens (tertiary/aromatic N) is 4. The van der Waals surface area contributed by atoms with Crippen LogP contribution in [0.4, 0.5) is 0 Å². The van der Waals surface area contributed by atoms with Gasteiger partial charge in [0.1, 0.15) is 0 Å². The molecule has 0 amide bonds. The van der Waals surface area contributed by atoms with E-state index in [1.165, 1.54) is 24.1 Å². The fourth-order valence-electron chi connectivity index (χ4n) is 1.52. The Morgan fingerprint density at radius 2 is 2.06 bits per heavy atom. The third-order valence-electron chi connectivity index (χ3n) is 2.62. The molecule has 2 aromatic rings. The monoisotopic (exact) mass is 251 g/mol. The minimum Gasteiger partial charge on any atom is -0.343 e. The molecule has 8 nitrogen and oxygen atoms in total. The molecule has 0 aliphatic rings. The molecule has 0 fully saturated rings. The fourth-order valence-corrected chi connectivity index (χ4v) is 1.52. The molecule has 18 heavy (non-hydrogen) atoms. The summed E-state index contributed by atoms with van der Waals surface area (Å²) in [5.41, 5.74) is -0.0695. The summed E-state index contributed by atoms with van der Waals surface area (Å²) in [6.45, 7) is 0.774. The third kappa shape index (κ3) is 2.38. The summed E-state index contributed by atoms with van der Waals surface area (Å²) in [6.07, 6.45) is 1.24. The highest BCUT2D eigenvalue weighted by molar-refractivity contribution is 5.01. The van der Waals surface area contributed by atoms with Crippen molar-refractivity contribution >= 4 is 0 Å². The van der Waals surface area contributed by atoms with Gasteiger partial charge in [-0.2, -0.15) is 4.98 Å². The van der Waals surface area contributed by atoms with Crippen molar-refractivity contribution in [2.45, 2.75) is 13.1 Å². The highest BCUT2D eigenvalue weighted by Gasteiger charge is 2.06. The largest absolute Gasteiger partial charge is 0.343 e. The van der Waals surface area contributed by atoms with Crippen molar-refractivity contribution in [2.24, 2.45) is 14.1 Å². The zero-order chi connectivity index (χ0) is 13.1. The summed E-state index contributed by atoms with van der Waals surface area (Å²) in [5, 5.41) is 6.66. The van der Waals surface area contributed by atoms with Crippen molar-refractivity contribution in [3.63, 3.8) is 0 Å². The standard InChI is InChI=1S/C10H13N5O3/c1-14-7(3-9(16)15(2)10(14)17)4-11-5-8-12-6-18-13-8/h3,6,11H,4-5H2,1-2H3. The minimum absolute atomic E-state index is 0.325. The van der Waals surface area contributed by atoms with Gasteiger partial charge in [-0.3, -0.25) is 13.9 Å². The highest BCUT2D eigenvalue weighted by Crippen LogP contribution is 1.92. The van der Waals surface area contributed by atoms with Gasteiger partial charge in [0.2, 0.25) is 6.39 Å². The maximum Gasteiger partial charge on any atom is 0.330 e. The van der Waals surface area contributed by atoms with Crippen LogP contribution < -0.4 is 16.6 Å². The summed E-state index contributed by atoms with van der Waals surface area (Å²) >= 11 is 0. The molecular weight excluding hydrogens is 238 g/mol. The van der Waals surface area contributed by atoms with Crippen molar-refractivity contribution < 1.29 is 4.52 Å². The molecule has 0 saturated carbocycles. The van der Waals surface area contributed by atoms with Gasteiger partial charge in [-0.05, 0) is 0 Å². The molecule has 0 aliphatic heterocycles. The molecule has 0 atom stereocenters. The van der Waals surface area contributed by atoms with E-state index in [1.54, 1.807) is 7.05 Å². The van der Waals surface area contributed by atoms with Crippen LogP contribution >= 0.6 is 0 Å². The van der Waals surface area contributed by atoms with Crippen LogP contribution in [0.5, 0.6) is 0 Å². The second-order valence-corrected chi connectivity index (χ2v) is 3.83. The van der Waals surface area contributed by atoms with E-state index in [0.717, 1.165) is 4.57 Å². The van der Waals surface area contributed by atoms with E-state index < -0.39 is 0 Å². The first-order chi connectivity index (χ1) is 8.59. The summed E-state index contributed by atoms with van der Waals surface area (Å²) in [5.74, 6) is 0.517. The van der Waals surface area contributed by atoms with Crippen LogP contribution in [0.25, 0.3) is 0 Å². The van der Waals surface area contributed by atoms with E-state index >= 15 is 0 Å². The molecule has 2 rings (SSSR count). The molecule has 0 saturated heterocycles. The van der Waals surface area contributed by atoms with Gasteiger partial charge in [0, 0.05) is 32.4 Å². The van der Waals surface area contributed by atoms with E-state index in [9.17, 15) is 9.59 Å². The van der Waals surface area contributed by atoms with Gasteiger partial charge in [-0.15, -0.1) is 0 Å². The fraction of sp³-hybridized carbons (Fsp3) is 0.400. The number of aromatic nitrogens is 4. The van der Waals surface area contributed by atoms with Gasteiger partial charge < -0.3 is 9.84 Å². The van der Waals surface area contributed by atoms with Crippen molar-refractivity contribution in [1.29, 1.82) is 0 Å². The Hall–Kier alpha value is -2.22. The molecule has 1 N–H and O–H groups in total. The molecule has 8 heteroatoms. The molecular formula is C10H13N5O3. The summed E-state index contributed by atoms with van der Waals surface area (Å²) in [4.78, 5) is 27.0. The molecule has 96 valence electrons. The van der Waals surface area contributed by atoms with E-state index in [1.807, 2.05) is 0 Å². The predicted octanol–water partition coefficient (Wildman–Crippen LogP) is -1.24. The first-order valence-corrected chi connectivity index (χ1v) is 5.31. The van der Waals surface area contributed by atoms with E-state index in [-0.39, 0.29) is 11.2 Å². The topological polar surface area (TPSA) is 94.9 Å². The maximum absolute atomic E-state index is 11.7. The Kier molecular flexibility index (Phi) is 3.38. The molecule has 0 aliphatic carbocycles. The zero-order valence-corrected chi connectivity index (χ0v) is 10.1. The lowest BCUT2D eigenvalue weighted by atomic mass is 10.3. The van der Waals surface area contributed by atoms with E-state index in [2.05, 4.69) is 20.0 Å². The van der Waals surface area contributed by atoms with Crippen LogP contribution in [-0.2, 0) is 27.2 Å². The van der Waals surface area contributed by atoms with Gasteiger partial charge in [0.25, 0.3) is 5.56 Å². The lowest BCUT2D eigenvalue weighted by molar-refractivity contribution is 0.407. The molecule has 0 bridgehead atoms. The smallest absolute Gasteiger partial charge is 0.330 e. The normalized spacial score (nSPS) is 10.8. The Labute approximate surface area is 102 Å². The average molecular weight is 251 g/mol. The van der Waals surface area contributed by atoms with Crippen LogP contribution in [0.1, 0.15) is 11.5 Å². The second kappa shape index (κ2) is 4.96. The lowest BCUT2D eigenvalue weighted by Crippen LogP contribution is -2.39. The van der Waals surface area contributed by atoms with Gasteiger partial charge in [0.05, 0.1) is 6.54 Å². The molecule has 0 aromatic carbocycles. The van der Waals surface area contributed by atoms with Crippen LogP contribution in [0.2, 0.25) is 0 Å².